The van der Waals surface area contributed by atoms with Crippen molar-refractivity contribution in [3.63, 3.8) is 0 Å². The zero-order valence-corrected chi connectivity index (χ0v) is 12.4. The summed E-state index contributed by atoms with van der Waals surface area (Å²) in [5, 5.41) is 0. The van der Waals surface area contributed by atoms with E-state index in [0.29, 0.717) is 13.1 Å². The molecule has 1 aliphatic rings. The summed E-state index contributed by atoms with van der Waals surface area (Å²) in [6.07, 6.45) is 0.758. The van der Waals surface area contributed by atoms with E-state index in [0.717, 1.165) is 29.7 Å². The number of ketones is 1. The molecule has 1 fully saturated rings. The van der Waals surface area contributed by atoms with Gasteiger partial charge in [-0.2, -0.15) is 0 Å². The molecule has 4 heteroatoms. The van der Waals surface area contributed by atoms with Crippen LogP contribution in [0.2, 0.25) is 0 Å². The zero-order valence-electron chi connectivity index (χ0n) is 12.4. The van der Waals surface area contributed by atoms with Crippen molar-refractivity contribution in [3.8, 4) is 0 Å². The van der Waals surface area contributed by atoms with Crippen LogP contribution in [0.3, 0.4) is 0 Å². The van der Waals surface area contributed by atoms with Crippen LogP contribution in [0, 0.1) is 26.7 Å². The van der Waals surface area contributed by atoms with Gasteiger partial charge in [-0.25, -0.2) is 0 Å². The minimum absolute atomic E-state index is 0.108. The fraction of sp³-hybridized carbons (Fsp3) is 0.500. The molecule has 108 valence electrons. The first-order valence-electron chi connectivity index (χ1n) is 7.01. The van der Waals surface area contributed by atoms with Crippen LogP contribution in [0.1, 0.15) is 33.5 Å². The van der Waals surface area contributed by atoms with Gasteiger partial charge in [0.15, 0.2) is 5.78 Å². The van der Waals surface area contributed by atoms with Crippen molar-refractivity contribution < 1.29 is 9.59 Å². The highest BCUT2D eigenvalue weighted by Crippen LogP contribution is 2.19. The first-order chi connectivity index (χ1) is 9.38. The van der Waals surface area contributed by atoms with Gasteiger partial charge in [-0.3, -0.25) is 14.5 Å². The van der Waals surface area contributed by atoms with Crippen LogP contribution in [-0.2, 0) is 4.79 Å². The van der Waals surface area contributed by atoms with Crippen LogP contribution >= 0.6 is 0 Å². The number of amides is 1. The lowest BCUT2D eigenvalue weighted by Crippen LogP contribution is -2.31. The summed E-state index contributed by atoms with van der Waals surface area (Å²) < 4.78 is 0. The van der Waals surface area contributed by atoms with Crippen molar-refractivity contribution in [2.45, 2.75) is 27.2 Å². The number of carbonyl (C=O) groups is 2. The van der Waals surface area contributed by atoms with Gasteiger partial charge in [0.25, 0.3) is 0 Å². The number of benzene rings is 1. The molecule has 1 atom stereocenters. The van der Waals surface area contributed by atoms with Gasteiger partial charge < -0.3 is 5.73 Å². The fourth-order valence-corrected chi connectivity index (χ4v) is 2.76. The number of rotatable bonds is 4. The van der Waals surface area contributed by atoms with Gasteiger partial charge in [-0.05, 0) is 56.5 Å². The van der Waals surface area contributed by atoms with Gasteiger partial charge in [-0.1, -0.05) is 6.07 Å². The van der Waals surface area contributed by atoms with E-state index >= 15 is 0 Å². The number of Topliss-reactive ketones (excluding diaryl/α,β-unsaturated/α-hetero) is 1. The molecule has 4 nitrogen and oxygen atoms in total. The predicted octanol–water partition coefficient (Wildman–Crippen LogP) is 1.60. The second-order valence-corrected chi connectivity index (χ2v) is 5.80. The van der Waals surface area contributed by atoms with Crippen molar-refractivity contribution in [3.05, 3.63) is 34.4 Å². The Labute approximate surface area is 119 Å². The molecule has 2 N–H and O–H groups in total. The van der Waals surface area contributed by atoms with E-state index in [1.807, 2.05) is 24.8 Å². The molecule has 1 aliphatic heterocycles. The summed E-state index contributed by atoms with van der Waals surface area (Å²) in [7, 11) is 0. The van der Waals surface area contributed by atoms with E-state index in [-0.39, 0.29) is 17.6 Å². The molecule has 0 spiro atoms. The highest BCUT2D eigenvalue weighted by atomic mass is 16.1. The van der Waals surface area contributed by atoms with Crippen LogP contribution in [0.25, 0.3) is 0 Å². The normalized spacial score (nSPS) is 19.2. The fourth-order valence-electron chi connectivity index (χ4n) is 2.76. The highest BCUT2D eigenvalue weighted by Gasteiger charge is 2.28. The average Bonchev–Trinajstić information content (AvgIpc) is 2.82. The minimum Gasteiger partial charge on any atom is -0.369 e. The average molecular weight is 274 g/mol. The van der Waals surface area contributed by atoms with Crippen LogP contribution in [-0.4, -0.2) is 36.2 Å². The third-order valence-corrected chi connectivity index (χ3v) is 4.18. The summed E-state index contributed by atoms with van der Waals surface area (Å²) in [6.45, 7) is 7.77. The summed E-state index contributed by atoms with van der Waals surface area (Å²) in [6, 6.07) is 4.02. The quantitative estimate of drug-likeness (QED) is 0.848. The molecule has 0 aliphatic carbocycles. The molecular weight excluding hydrogens is 252 g/mol. The van der Waals surface area contributed by atoms with Crippen molar-refractivity contribution in [1.29, 1.82) is 0 Å². The van der Waals surface area contributed by atoms with Crippen molar-refractivity contribution >= 4 is 11.7 Å². The van der Waals surface area contributed by atoms with Gasteiger partial charge >= 0.3 is 0 Å². The molecule has 1 aromatic carbocycles. The Bertz CT molecular complexity index is 552. The molecule has 2 rings (SSSR count). The van der Waals surface area contributed by atoms with E-state index < -0.39 is 0 Å². The first-order valence-corrected chi connectivity index (χ1v) is 7.01. The number of primary amides is 1. The Balaban J connectivity index is 2.06. The Hall–Kier alpha value is -1.68. The van der Waals surface area contributed by atoms with Crippen LogP contribution in [0.4, 0.5) is 0 Å². The molecule has 0 saturated carbocycles. The Morgan fingerprint density at radius 1 is 1.20 bits per heavy atom. The van der Waals surface area contributed by atoms with Gasteiger partial charge in [0, 0.05) is 12.1 Å². The van der Waals surface area contributed by atoms with Gasteiger partial charge in [0.1, 0.15) is 0 Å². The third kappa shape index (κ3) is 3.07. The second kappa shape index (κ2) is 5.75. The minimum atomic E-state index is -0.262. The number of nitrogens with zero attached hydrogens (tertiary/aromatic N) is 1. The lowest BCUT2D eigenvalue weighted by molar-refractivity contribution is -0.121. The monoisotopic (exact) mass is 274 g/mol. The lowest BCUT2D eigenvalue weighted by atomic mass is 9.98. The van der Waals surface area contributed by atoms with Gasteiger partial charge in [0.05, 0.1) is 12.5 Å². The largest absolute Gasteiger partial charge is 0.369 e. The second-order valence-electron chi connectivity index (χ2n) is 5.80. The number of nitrogens with two attached hydrogens (primary N) is 1. The number of aryl methyl sites for hydroxylation is 3. The van der Waals surface area contributed by atoms with Crippen LogP contribution in [0.5, 0.6) is 0 Å². The number of hydrogen-bond donors (Lipinski definition) is 1. The molecule has 1 saturated heterocycles. The summed E-state index contributed by atoms with van der Waals surface area (Å²) in [5.74, 6) is -0.248. The molecule has 1 aromatic rings. The maximum absolute atomic E-state index is 12.4. The topological polar surface area (TPSA) is 63.4 Å². The smallest absolute Gasteiger partial charge is 0.221 e. The standard InChI is InChI=1S/C16H22N2O2/c1-10-6-12(3)14(7-11(10)2)15(19)9-18-5-4-13(8-18)16(17)20/h6-7,13H,4-5,8-9H2,1-3H3,(H2,17,20). The summed E-state index contributed by atoms with van der Waals surface area (Å²) >= 11 is 0. The predicted molar refractivity (Wildman–Crippen MR) is 78.7 cm³/mol. The van der Waals surface area contributed by atoms with Crippen LogP contribution in [0.15, 0.2) is 12.1 Å². The molecule has 1 amide bonds. The van der Waals surface area contributed by atoms with E-state index in [4.69, 9.17) is 5.73 Å². The van der Waals surface area contributed by atoms with Gasteiger partial charge in [0.2, 0.25) is 5.91 Å². The van der Waals surface area contributed by atoms with E-state index in [1.165, 1.54) is 5.56 Å². The third-order valence-electron chi connectivity index (χ3n) is 4.18. The van der Waals surface area contributed by atoms with Crippen molar-refractivity contribution in [2.75, 3.05) is 19.6 Å². The van der Waals surface area contributed by atoms with E-state index in [2.05, 4.69) is 13.0 Å². The Morgan fingerprint density at radius 2 is 1.85 bits per heavy atom. The molecular formula is C16H22N2O2. The molecule has 20 heavy (non-hydrogen) atoms. The summed E-state index contributed by atoms with van der Waals surface area (Å²) in [5.41, 5.74) is 9.45. The molecule has 0 aromatic heterocycles. The SMILES string of the molecule is Cc1cc(C)c(C(=O)CN2CCC(C(N)=O)C2)cc1C. The van der Waals surface area contributed by atoms with E-state index in [1.54, 1.807) is 0 Å². The van der Waals surface area contributed by atoms with Gasteiger partial charge in [-0.15, -0.1) is 0 Å². The first kappa shape index (κ1) is 14.7. The van der Waals surface area contributed by atoms with Crippen molar-refractivity contribution in [1.82, 2.24) is 4.90 Å². The molecule has 0 radical (unpaired) electrons. The summed E-state index contributed by atoms with van der Waals surface area (Å²) in [4.78, 5) is 25.6. The maximum Gasteiger partial charge on any atom is 0.221 e. The molecule has 1 heterocycles. The van der Waals surface area contributed by atoms with Crippen molar-refractivity contribution in [2.24, 2.45) is 11.7 Å². The maximum atomic E-state index is 12.4. The van der Waals surface area contributed by atoms with Crippen LogP contribution < -0.4 is 5.73 Å². The zero-order chi connectivity index (χ0) is 14.9. The van der Waals surface area contributed by atoms with E-state index in [9.17, 15) is 9.59 Å². The number of carbonyl (C=O) groups excluding carboxylic acids is 2. The Morgan fingerprint density at radius 3 is 2.45 bits per heavy atom. The number of likely N-dealkylation sites (tertiary alicyclic amines) is 1. The highest BCUT2D eigenvalue weighted by molar-refractivity contribution is 5.99. The number of hydrogen-bond acceptors (Lipinski definition) is 3. The lowest BCUT2D eigenvalue weighted by Gasteiger charge is -2.16. The molecule has 0 bridgehead atoms. The molecule has 1 unspecified atom stereocenters. The Kier molecular flexibility index (Phi) is 4.23.